The Hall–Kier alpha value is -3.15. The van der Waals surface area contributed by atoms with E-state index in [4.69, 9.17) is 4.74 Å². The number of rotatable bonds is 5. The van der Waals surface area contributed by atoms with Gasteiger partial charge in [-0.2, -0.15) is 0 Å². The number of nitrogens with zero attached hydrogens (tertiary/aromatic N) is 2. The van der Waals surface area contributed by atoms with Crippen LogP contribution >= 0.6 is 0 Å². The number of benzene rings is 2. The molecule has 1 aliphatic rings. The van der Waals surface area contributed by atoms with E-state index in [0.717, 1.165) is 11.3 Å². The highest BCUT2D eigenvalue weighted by Gasteiger charge is 2.35. The fourth-order valence-electron chi connectivity index (χ4n) is 3.41. The Balaban J connectivity index is 1.98. The predicted octanol–water partition coefficient (Wildman–Crippen LogP) is 3.36. The first kappa shape index (κ1) is 19.6. The standard InChI is InChI=1S/C22H24N2O4/c1-5-23(18-8-6-7-14(2)11-18)22(27)15(3)24-19-12-17(16(4)25)9-10-20(19)28-13-21(24)26/h6-12,15H,5,13H2,1-4H3. The van der Waals surface area contributed by atoms with E-state index in [0.29, 0.717) is 23.5 Å². The zero-order chi connectivity index (χ0) is 20.4. The molecule has 1 aliphatic heterocycles. The Kier molecular flexibility index (Phi) is 5.49. The predicted molar refractivity (Wildman–Crippen MR) is 108 cm³/mol. The van der Waals surface area contributed by atoms with Gasteiger partial charge in [-0.25, -0.2) is 0 Å². The zero-order valence-electron chi connectivity index (χ0n) is 16.6. The van der Waals surface area contributed by atoms with E-state index in [9.17, 15) is 14.4 Å². The molecule has 1 unspecified atom stereocenters. The summed E-state index contributed by atoms with van der Waals surface area (Å²) in [5.74, 6) is -0.130. The Bertz CT molecular complexity index is 938. The van der Waals surface area contributed by atoms with Crippen molar-refractivity contribution in [1.82, 2.24) is 0 Å². The highest BCUT2D eigenvalue weighted by Crippen LogP contribution is 2.35. The third kappa shape index (κ3) is 3.63. The van der Waals surface area contributed by atoms with Gasteiger partial charge in [0.25, 0.3) is 5.91 Å². The molecule has 6 nitrogen and oxygen atoms in total. The van der Waals surface area contributed by atoms with Gasteiger partial charge < -0.3 is 9.64 Å². The van der Waals surface area contributed by atoms with Gasteiger partial charge in [0.1, 0.15) is 11.8 Å². The van der Waals surface area contributed by atoms with Gasteiger partial charge >= 0.3 is 0 Å². The van der Waals surface area contributed by atoms with Crippen LogP contribution in [0.2, 0.25) is 0 Å². The van der Waals surface area contributed by atoms with E-state index in [1.54, 1.807) is 30.0 Å². The molecule has 0 saturated carbocycles. The number of hydrogen-bond acceptors (Lipinski definition) is 4. The minimum Gasteiger partial charge on any atom is -0.482 e. The van der Waals surface area contributed by atoms with E-state index in [1.165, 1.54) is 11.8 Å². The number of anilines is 2. The number of ether oxygens (including phenoxy) is 1. The molecule has 3 rings (SSSR count). The summed E-state index contributed by atoms with van der Waals surface area (Å²) < 4.78 is 5.49. The quantitative estimate of drug-likeness (QED) is 0.746. The summed E-state index contributed by atoms with van der Waals surface area (Å²) in [5, 5.41) is 0. The third-order valence-corrected chi connectivity index (χ3v) is 4.89. The summed E-state index contributed by atoms with van der Waals surface area (Å²) >= 11 is 0. The molecule has 2 aromatic carbocycles. The van der Waals surface area contributed by atoms with Crippen LogP contribution in [-0.2, 0) is 9.59 Å². The van der Waals surface area contributed by atoms with Crippen LogP contribution in [0.3, 0.4) is 0 Å². The van der Waals surface area contributed by atoms with E-state index in [2.05, 4.69) is 0 Å². The van der Waals surface area contributed by atoms with Crippen LogP contribution in [0.15, 0.2) is 42.5 Å². The first-order valence-corrected chi connectivity index (χ1v) is 9.31. The van der Waals surface area contributed by atoms with Gasteiger partial charge in [0.2, 0.25) is 5.91 Å². The maximum Gasteiger partial charge on any atom is 0.265 e. The van der Waals surface area contributed by atoms with Gasteiger partial charge in [-0.15, -0.1) is 0 Å². The number of ketones is 1. The van der Waals surface area contributed by atoms with Crippen LogP contribution < -0.4 is 14.5 Å². The number of amides is 2. The van der Waals surface area contributed by atoms with Gasteiger partial charge in [-0.1, -0.05) is 12.1 Å². The lowest BCUT2D eigenvalue weighted by Crippen LogP contribution is -2.52. The van der Waals surface area contributed by atoms with Gasteiger partial charge in [-0.05, 0) is 63.6 Å². The van der Waals surface area contributed by atoms with Crippen molar-refractivity contribution < 1.29 is 19.1 Å². The highest BCUT2D eigenvalue weighted by molar-refractivity contribution is 6.08. The maximum absolute atomic E-state index is 13.3. The van der Waals surface area contributed by atoms with Gasteiger partial charge in [0.05, 0.1) is 5.69 Å². The molecule has 0 aliphatic carbocycles. The molecule has 6 heteroatoms. The topological polar surface area (TPSA) is 66.9 Å². The summed E-state index contributed by atoms with van der Waals surface area (Å²) in [4.78, 5) is 40.8. The normalized spacial score (nSPS) is 14.1. The van der Waals surface area contributed by atoms with Crippen LogP contribution in [0.4, 0.5) is 11.4 Å². The van der Waals surface area contributed by atoms with Crippen molar-refractivity contribution in [3.8, 4) is 5.75 Å². The van der Waals surface area contributed by atoms with Crippen molar-refractivity contribution in [1.29, 1.82) is 0 Å². The summed E-state index contributed by atoms with van der Waals surface area (Å²) in [5.41, 5.74) is 2.76. The molecule has 1 heterocycles. The Morgan fingerprint density at radius 1 is 1.21 bits per heavy atom. The molecule has 2 amide bonds. The lowest BCUT2D eigenvalue weighted by atomic mass is 10.1. The van der Waals surface area contributed by atoms with Crippen molar-refractivity contribution in [2.75, 3.05) is 23.0 Å². The summed E-state index contributed by atoms with van der Waals surface area (Å²) in [7, 11) is 0. The molecule has 28 heavy (non-hydrogen) atoms. The average Bonchev–Trinajstić information content (AvgIpc) is 2.67. The SMILES string of the molecule is CCN(C(=O)C(C)N1C(=O)COc2ccc(C(C)=O)cc21)c1cccc(C)c1. The number of fused-ring (bicyclic) bond motifs is 1. The van der Waals surface area contributed by atoms with Crippen LogP contribution in [0.5, 0.6) is 5.75 Å². The Morgan fingerprint density at radius 3 is 2.61 bits per heavy atom. The summed E-state index contributed by atoms with van der Waals surface area (Å²) in [6.07, 6.45) is 0. The fraction of sp³-hybridized carbons (Fsp3) is 0.318. The Morgan fingerprint density at radius 2 is 1.96 bits per heavy atom. The smallest absolute Gasteiger partial charge is 0.265 e. The number of carbonyl (C=O) groups excluding carboxylic acids is 3. The van der Waals surface area contributed by atoms with Crippen molar-refractivity contribution in [3.05, 3.63) is 53.6 Å². The number of aryl methyl sites for hydroxylation is 1. The first-order chi connectivity index (χ1) is 13.3. The van der Waals surface area contributed by atoms with Gasteiger partial charge in [0, 0.05) is 17.8 Å². The lowest BCUT2D eigenvalue weighted by molar-refractivity contribution is -0.126. The molecular weight excluding hydrogens is 356 g/mol. The zero-order valence-corrected chi connectivity index (χ0v) is 16.6. The fourth-order valence-corrected chi connectivity index (χ4v) is 3.41. The van der Waals surface area contributed by atoms with Crippen LogP contribution in [0.1, 0.15) is 36.7 Å². The van der Waals surface area contributed by atoms with Crippen molar-refractivity contribution >= 4 is 29.0 Å². The van der Waals surface area contributed by atoms with E-state index in [-0.39, 0.29) is 24.2 Å². The molecule has 0 N–H and O–H groups in total. The summed E-state index contributed by atoms with van der Waals surface area (Å²) in [6.45, 7) is 7.37. The molecule has 2 aromatic rings. The number of carbonyl (C=O) groups is 3. The molecule has 146 valence electrons. The first-order valence-electron chi connectivity index (χ1n) is 9.31. The maximum atomic E-state index is 13.3. The van der Waals surface area contributed by atoms with Gasteiger partial charge in [-0.3, -0.25) is 19.3 Å². The average molecular weight is 380 g/mol. The molecule has 0 saturated heterocycles. The molecule has 1 atom stereocenters. The monoisotopic (exact) mass is 380 g/mol. The Labute approximate surface area is 164 Å². The molecule has 0 fully saturated rings. The van der Waals surface area contributed by atoms with E-state index >= 15 is 0 Å². The minimum atomic E-state index is -0.738. The molecule has 0 spiro atoms. The van der Waals surface area contributed by atoms with Crippen molar-refractivity contribution in [3.63, 3.8) is 0 Å². The second-order valence-corrected chi connectivity index (χ2v) is 6.89. The van der Waals surface area contributed by atoms with Crippen molar-refractivity contribution in [2.45, 2.75) is 33.7 Å². The molecule has 0 aromatic heterocycles. The lowest BCUT2D eigenvalue weighted by Gasteiger charge is -2.36. The second kappa shape index (κ2) is 7.84. The molecular formula is C22H24N2O4. The summed E-state index contributed by atoms with van der Waals surface area (Å²) in [6, 6.07) is 11.9. The number of hydrogen-bond donors (Lipinski definition) is 0. The molecule has 0 radical (unpaired) electrons. The van der Waals surface area contributed by atoms with Crippen LogP contribution in [0, 0.1) is 6.92 Å². The number of likely N-dealkylation sites (N-methyl/N-ethyl adjacent to an activating group) is 1. The van der Waals surface area contributed by atoms with Gasteiger partial charge in [0.15, 0.2) is 12.4 Å². The van der Waals surface area contributed by atoms with Crippen molar-refractivity contribution in [2.24, 2.45) is 0 Å². The largest absolute Gasteiger partial charge is 0.482 e. The van der Waals surface area contributed by atoms with E-state index in [1.807, 2.05) is 38.1 Å². The molecule has 0 bridgehead atoms. The van der Waals surface area contributed by atoms with Crippen LogP contribution in [-0.4, -0.2) is 36.8 Å². The highest BCUT2D eigenvalue weighted by atomic mass is 16.5. The van der Waals surface area contributed by atoms with E-state index < -0.39 is 6.04 Å². The minimum absolute atomic E-state index is 0.116. The third-order valence-electron chi connectivity index (χ3n) is 4.89. The second-order valence-electron chi connectivity index (χ2n) is 6.89. The number of Topliss-reactive ketones (excluding diaryl/α,β-unsaturated/α-hetero) is 1. The van der Waals surface area contributed by atoms with Crippen LogP contribution in [0.25, 0.3) is 0 Å².